The van der Waals surface area contributed by atoms with Crippen LogP contribution in [-0.4, -0.2) is 16.8 Å². The van der Waals surface area contributed by atoms with E-state index in [2.05, 4.69) is 6.07 Å². The van der Waals surface area contributed by atoms with Crippen molar-refractivity contribution in [3.63, 3.8) is 0 Å². The number of carbonyl (C=O) groups is 1. The number of hydrogen-bond donors (Lipinski definition) is 1. The summed E-state index contributed by atoms with van der Waals surface area (Å²) in [5, 5.41) is 17.1. The zero-order valence-corrected chi connectivity index (χ0v) is 8.96. The third-order valence-electron chi connectivity index (χ3n) is 1.78. The predicted octanol–water partition coefficient (Wildman–Crippen LogP) is 2.78. The maximum Gasteiger partial charge on any atom is 0.335 e. The number of benzene rings is 1. The third kappa shape index (κ3) is 4.05. The van der Waals surface area contributed by atoms with Crippen molar-refractivity contribution in [3.05, 3.63) is 29.8 Å². The van der Waals surface area contributed by atoms with Crippen LogP contribution in [0.2, 0.25) is 0 Å². The van der Waals surface area contributed by atoms with Crippen molar-refractivity contribution in [1.82, 2.24) is 0 Å². The molecule has 0 aliphatic carbocycles. The summed E-state index contributed by atoms with van der Waals surface area (Å²) in [5.74, 6) is -0.0640. The summed E-state index contributed by atoms with van der Waals surface area (Å²) in [6.07, 6.45) is 1.38. The molecule has 3 nitrogen and oxygen atoms in total. The molecule has 0 atom stereocenters. The van der Waals surface area contributed by atoms with Crippen molar-refractivity contribution >= 4 is 17.7 Å². The molecule has 1 aromatic rings. The lowest BCUT2D eigenvalue weighted by Crippen LogP contribution is -1.95. The lowest BCUT2D eigenvalue weighted by atomic mass is 10.2. The highest BCUT2D eigenvalue weighted by molar-refractivity contribution is 7.99. The molecule has 0 radical (unpaired) electrons. The molecule has 1 aromatic carbocycles. The smallest absolute Gasteiger partial charge is 0.335 e. The second-order valence-corrected chi connectivity index (χ2v) is 4.11. The largest absolute Gasteiger partial charge is 0.478 e. The number of thioether (sulfide) groups is 1. The molecule has 1 N–H and O–H groups in total. The molecule has 0 unspecified atom stereocenters. The Labute approximate surface area is 92.7 Å². The summed E-state index contributed by atoms with van der Waals surface area (Å²) in [4.78, 5) is 11.6. The highest BCUT2D eigenvalue weighted by Crippen LogP contribution is 2.20. The lowest BCUT2D eigenvalue weighted by Gasteiger charge is -2.01. The summed E-state index contributed by atoms with van der Waals surface area (Å²) >= 11 is 1.58. The van der Waals surface area contributed by atoms with E-state index in [9.17, 15) is 4.79 Å². The number of unbranched alkanes of at least 4 members (excludes halogenated alkanes) is 1. The minimum Gasteiger partial charge on any atom is -0.478 e. The summed E-state index contributed by atoms with van der Waals surface area (Å²) in [6.45, 7) is 0. The zero-order valence-electron chi connectivity index (χ0n) is 8.14. The minimum absolute atomic E-state index is 0.306. The number of carboxylic acid groups (broad SMARTS) is 1. The Kier molecular flexibility index (Phi) is 4.72. The van der Waals surface area contributed by atoms with Gasteiger partial charge in [0.15, 0.2) is 0 Å². The van der Waals surface area contributed by atoms with Crippen LogP contribution in [0.15, 0.2) is 29.2 Å². The van der Waals surface area contributed by atoms with Gasteiger partial charge in [0.1, 0.15) is 0 Å². The van der Waals surface area contributed by atoms with Crippen LogP contribution in [0.4, 0.5) is 0 Å². The molecule has 0 aromatic heterocycles. The van der Waals surface area contributed by atoms with E-state index in [0.29, 0.717) is 12.0 Å². The van der Waals surface area contributed by atoms with E-state index in [-0.39, 0.29) is 0 Å². The molecular formula is C11H11NO2S. The van der Waals surface area contributed by atoms with Gasteiger partial charge in [0.05, 0.1) is 11.6 Å². The summed E-state index contributed by atoms with van der Waals surface area (Å²) in [6, 6.07) is 8.91. The van der Waals surface area contributed by atoms with Crippen molar-refractivity contribution in [1.29, 1.82) is 5.26 Å². The molecule has 0 aliphatic rings. The Balaban J connectivity index is 2.51. The molecular weight excluding hydrogens is 210 g/mol. The van der Waals surface area contributed by atoms with Gasteiger partial charge in [0, 0.05) is 11.3 Å². The molecule has 0 fully saturated rings. The molecule has 0 bridgehead atoms. The van der Waals surface area contributed by atoms with Crippen molar-refractivity contribution in [2.45, 2.75) is 17.7 Å². The number of rotatable bonds is 5. The van der Waals surface area contributed by atoms with Crippen molar-refractivity contribution < 1.29 is 9.90 Å². The van der Waals surface area contributed by atoms with Gasteiger partial charge in [0.25, 0.3) is 0 Å². The lowest BCUT2D eigenvalue weighted by molar-refractivity contribution is 0.0696. The fraction of sp³-hybridized carbons (Fsp3) is 0.273. The Hall–Kier alpha value is -1.47. The van der Waals surface area contributed by atoms with Crippen LogP contribution >= 0.6 is 11.8 Å². The third-order valence-corrected chi connectivity index (χ3v) is 2.86. The highest BCUT2D eigenvalue weighted by atomic mass is 32.2. The van der Waals surface area contributed by atoms with Gasteiger partial charge in [-0.15, -0.1) is 11.8 Å². The molecule has 0 saturated heterocycles. The van der Waals surface area contributed by atoms with Gasteiger partial charge in [-0.1, -0.05) is 6.07 Å². The average Bonchev–Trinajstić information content (AvgIpc) is 2.25. The fourth-order valence-electron chi connectivity index (χ4n) is 1.06. The van der Waals surface area contributed by atoms with E-state index in [1.807, 2.05) is 6.07 Å². The topological polar surface area (TPSA) is 61.1 Å². The molecule has 78 valence electrons. The molecule has 1 rings (SSSR count). The van der Waals surface area contributed by atoms with Crippen LogP contribution in [-0.2, 0) is 0 Å². The number of aromatic carboxylic acids is 1. The second kappa shape index (κ2) is 6.10. The first-order valence-corrected chi connectivity index (χ1v) is 5.55. The molecule has 0 spiro atoms. The van der Waals surface area contributed by atoms with Crippen LogP contribution in [0.1, 0.15) is 23.2 Å². The van der Waals surface area contributed by atoms with Gasteiger partial charge in [0.2, 0.25) is 0 Å². The predicted molar refractivity (Wildman–Crippen MR) is 59.0 cm³/mol. The first-order valence-electron chi connectivity index (χ1n) is 4.57. The van der Waals surface area contributed by atoms with Gasteiger partial charge in [-0.3, -0.25) is 0 Å². The number of carboxylic acids is 1. The van der Waals surface area contributed by atoms with E-state index in [0.717, 1.165) is 17.1 Å². The van der Waals surface area contributed by atoms with Gasteiger partial charge >= 0.3 is 5.97 Å². The van der Waals surface area contributed by atoms with Gasteiger partial charge in [-0.2, -0.15) is 5.26 Å². The standard InChI is InChI=1S/C11H11NO2S/c12-6-1-2-7-15-10-5-3-4-9(8-10)11(13)14/h3-5,8H,1-2,7H2,(H,13,14). The zero-order chi connectivity index (χ0) is 11.1. The van der Waals surface area contributed by atoms with E-state index in [1.54, 1.807) is 30.0 Å². The van der Waals surface area contributed by atoms with Gasteiger partial charge < -0.3 is 5.11 Å². The summed E-state index contributed by atoms with van der Waals surface area (Å²) in [7, 11) is 0. The average molecular weight is 221 g/mol. The SMILES string of the molecule is N#CCCCSc1cccc(C(=O)O)c1. The second-order valence-electron chi connectivity index (χ2n) is 2.94. The first-order chi connectivity index (χ1) is 7.24. The summed E-state index contributed by atoms with van der Waals surface area (Å²) < 4.78 is 0. The molecule has 0 heterocycles. The molecule has 0 saturated carbocycles. The van der Waals surface area contributed by atoms with Crippen LogP contribution in [0, 0.1) is 11.3 Å². The van der Waals surface area contributed by atoms with E-state index in [4.69, 9.17) is 10.4 Å². The van der Waals surface area contributed by atoms with Crippen molar-refractivity contribution in [2.75, 3.05) is 5.75 Å². The number of nitrogens with zero attached hydrogens (tertiary/aromatic N) is 1. The fourth-order valence-corrected chi connectivity index (χ4v) is 1.97. The molecule has 0 aliphatic heterocycles. The van der Waals surface area contributed by atoms with Crippen LogP contribution in [0.25, 0.3) is 0 Å². The Bertz CT molecular complexity index is 384. The maximum absolute atomic E-state index is 10.7. The summed E-state index contributed by atoms with van der Waals surface area (Å²) in [5.41, 5.74) is 0.306. The first kappa shape index (κ1) is 11.6. The normalized spacial score (nSPS) is 9.53. The van der Waals surface area contributed by atoms with Crippen LogP contribution in [0.3, 0.4) is 0 Å². The monoisotopic (exact) mass is 221 g/mol. The Morgan fingerprint density at radius 1 is 1.53 bits per heavy atom. The highest BCUT2D eigenvalue weighted by Gasteiger charge is 2.02. The maximum atomic E-state index is 10.7. The Morgan fingerprint density at radius 2 is 2.33 bits per heavy atom. The number of nitriles is 1. The number of hydrogen-bond acceptors (Lipinski definition) is 3. The van der Waals surface area contributed by atoms with Crippen LogP contribution < -0.4 is 0 Å². The van der Waals surface area contributed by atoms with Crippen LogP contribution in [0.5, 0.6) is 0 Å². The van der Waals surface area contributed by atoms with E-state index >= 15 is 0 Å². The quantitative estimate of drug-likeness (QED) is 0.613. The molecule has 4 heteroatoms. The minimum atomic E-state index is -0.908. The molecule has 0 amide bonds. The molecule has 15 heavy (non-hydrogen) atoms. The van der Waals surface area contributed by atoms with Crippen molar-refractivity contribution in [3.8, 4) is 6.07 Å². The van der Waals surface area contributed by atoms with Gasteiger partial charge in [-0.25, -0.2) is 4.79 Å². The van der Waals surface area contributed by atoms with E-state index < -0.39 is 5.97 Å². The van der Waals surface area contributed by atoms with Crippen molar-refractivity contribution in [2.24, 2.45) is 0 Å². The van der Waals surface area contributed by atoms with E-state index in [1.165, 1.54) is 0 Å². The Morgan fingerprint density at radius 3 is 3.00 bits per heavy atom. The van der Waals surface area contributed by atoms with Gasteiger partial charge in [-0.05, 0) is 30.4 Å².